The van der Waals surface area contributed by atoms with E-state index in [0.29, 0.717) is 54.6 Å². The summed E-state index contributed by atoms with van der Waals surface area (Å²) in [6.45, 7) is 2.51. The summed E-state index contributed by atoms with van der Waals surface area (Å²) in [6.07, 6.45) is -1.02. The summed E-state index contributed by atoms with van der Waals surface area (Å²) in [4.78, 5) is 27.5. The Morgan fingerprint density at radius 3 is 2.81 bits per heavy atom. The van der Waals surface area contributed by atoms with E-state index in [1.807, 2.05) is 19.0 Å². The molecule has 8 nitrogen and oxygen atoms in total. The molecule has 3 N–H and O–H groups in total. The first-order valence-electron chi connectivity index (χ1n) is 8.35. The highest BCUT2D eigenvalue weighted by molar-refractivity contribution is 6.31. The minimum absolute atomic E-state index is 0.296. The van der Waals surface area contributed by atoms with E-state index in [-0.39, 0.29) is 5.91 Å². The van der Waals surface area contributed by atoms with E-state index in [0.717, 1.165) is 0 Å². The van der Waals surface area contributed by atoms with Crippen LogP contribution in [-0.4, -0.2) is 80.8 Å². The number of carbonyl (C=O) groups is 2. The van der Waals surface area contributed by atoms with Crippen molar-refractivity contribution < 1.29 is 19.4 Å². The zero-order valence-electron chi connectivity index (χ0n) is 15.2. The lowest BCUT2D eigenvalue weighted by atomic mass is 9.99. The number of amides is 2. The van der Waals surface area contributed by atoms with Crippen LogP contribution in [0.5, 0.6) is 5.75 Å². The Kier molecular flexibility index (Phi) is 7.07. The molecule has 0 spiro atoms. The number of hydrogen-bond acceptors (Lipinski definition) is 5. The van der Waals surface area contributed by atoms with Crippen molar-refractivity contribution in [3.63, 3.8) is 0 Å². The number of nitrogens with one attached hydrogen (secondary N) is 2. The van der Waals surface area contributed by atoms with Gasteiger partial charge in [-0.25, -0.2) is 4.79 Å². The van der Waals surface area contributed by atoms with Crippen LogP contribution in [0.3, 0.4) is 0 Å². The molecule has 144 valence electrons. The monoisotopic (exact) mass is 384 g/mol. The molecular weight excluding hydrogens is 360 g/mol. The van der Waals surface area contributed by atoms with E-state index >= 15 is 0 Å². The molecule has 1 aliphatic rings. The highest BCUT2D eigenvalue weighted by Crippen LogP contribution is 2.36. The van der Waals surface area contributed by atoms with Gasteiger partial charge in [-0.1, -0.05) is 11.6 Å². The molecule has 9 heteroatoms. The van der Waals surface area contributed by atoms with Crippen molar-refractivity contribution in [3.8, 4) is 5.75 Å². The Morgan fingerprint density at radius 2 is 2.19 bits per heavy atom. The third kappa shape index (κ3) is 4.78. The summed E-state index contributed by atoms with van der Waals surface area (Å²) in [5.41, 5.74) is 0.872. The number of likely N-dealkylation sites (N-methyl/N-ethyl adjacent to an activating group) is 1. The normalized spacial score (nSPS) is 17.3. The summed E-state index contributed by atoms with van der Waals surface area (Å²) >= 11 is 6.22. The predicted octanol–water partition coefficient (Wildman–Crippen LogP) is 1.26. The maximum atomic E-state index is 12.6. The van der Waals surface area contributed by atoms with E-state index in [9.17, 15) is 14.7 Å². The lowest BCUT2D eigenvalue weighted by Crippen LogP contribution is -2.48. The fourth-order valence-electron chi connectivity index (χ4n) is 2.96. The van der Waals surface area contributed by atoms with E-state index in [1.54, 1.807) is 6.07 Å². The molecule has 2 rings (SSSR count). The quantitative estimate of drug-likeness (QED) is 0.683. The van der Waals surface area contributed by atoms with Gasteiger partial charge in [-0.3, -0.25) is 9.69 Å². The molecule has 1 fully saturated rings. The second kappa shape index (κ2) is 9.07. The van der Waals surface area contributed by atoms with Crippen LogP contribution >= 0.6 is 11.6 Å². The topological polar surface area (TPSA) is 94.1 Å². The molecule has 1 atom stereocenters. The maximum Gasteiger partial charge on any atom is 0.407 e. The molecule has 0 saturated carbocycles. The standard InChI is InChI=1S/C17H25ClN4O4/c1-21(2)6-5-20-16(23)13-9-11(18)8-12(15(13)26-3)14-10-19-4-7-22(14)17(24)25/h8-9,14,19H,4-7,10H2,1-3H3,(H,20,23)(H,24,25). The maximum absolute atomic E-state index is 12.6. The highest BCUT2D eigenvalue weighted by Gasteiger charge is 2.32. The lowest BCUT2D eigenvalue weighted by molar-refractivity contribution is 0.0947. The van der Waals surface area contributed by atoms with Crippen LogP contribution in [-0.2, 0) is 0 Å². The number of halogens is 1. The first-order chi connectivity index (χ1) is 12.3. The van der Waals surface area contributed by atoms with Crippen LogP contribution in [0.25, 0.3) is 0 Å². The van der Waals surface area contributed by atoms with Gasteiger partial charge in [0.1, 0.15) is 5.75 Å². The molecule has 0 aliphatic carbocycles. The molecule has 1 saturated heterocycles. The number of methoxy groups -OCH3 is 1. The number of hydrogen-bond donors (Lipinski definition) is 3. The number of piperazine rings is 1. The summed E-state index contributed by atoms with van der Waals surface area (Å²) in [5, 5.41) is 15.9. The van der Waals surface area contributed by atoms with E-state index in [4.69, 9.17) is 16.3 Å². The summed E-state index contributed by atoms with van der Waals surface area (Å²) in [7, 11) is 5.30. The molecule has 26 heavy (non-hydrogen) atoms. The van der Waals surface area contributed by atoms with Crippen molar-refractivity contribution >= 4 is 23.6 Å². The molecule has 1 aliphatic heterocycles. The third-order valence-electron chi connectivity index (χ3n) is 4.22. The Hall–Kier alpha value is -2.03. The molecule has 1 aromatic rings. The van der Waals surface area contributed by atoms with Gasteiger partial charge in [0.05, 0.1) is 18.7 Å². The number of carbonyl (C=O) groups excluding carboxylic acids is 1. The Balaban J connectivity index is 2.36. The molecular formula is C17H25ClN4O4. The minimum atomic E-state index is -1.02. The van der Waals surface area contributed by atoms with E-state index in [1.165, 1.54) is 18.1 Å². The Bertz CT molecular complexity index is 668. The third-order valence-corrected chi connectivity index (χ3v) is 4.44. The molecule has 1 aromatic carbocycles. The molecule has 1 unspecified atom stereocenters. The van der Waals surface area contributed by atoms with Gasteiger partial charge in [-0.05, 0) is 26.2 Å². The number of nitrogens with zero attached hydrogens (tertiary/aromatic N) is 2. The smallest absolute Gasteiger partial charge is 0.407 e. The van der Waals surface area contributed by atoms with Crippen molar-refractivity contribution in [1.29, 1.82) is 0 Å². The van der Waals surface area contributed by atoms with Crippen LogP contribution in [0.4, 0.5) is 4.79 Å². The fraction of sp³-hybridized carbons (Fsp3) is 0.529. The largest absolute Gasteiger partial charge is 0.496 e. The van der Waals surface area contributed by atoms with Crippen molar-refractivity contribution in [1.82, 2.24) is 20.4 Å². The number of rotatable bonds is 6. The van der Waals surface area contributed by atoms with E-state index < -0.39 is 12.1 Å². The summed E-state index contributed by atoms with van der Waals surface area (Å²) < 4.78 is 5.48. The first-order valence-corrected chi connectivity index (χ1v) is 8.73. The Morgan fingerprint density at radius 1 is 1.46 bits per heavy atom. The number of benzene rings is 1. The van der Waals surface area contributed by atoms with Crippen molar-refractivity contribution in [2.24, 2.45) is 0 Å². The second-order valence-electron chi connectivity index (χ2n) is 6.33. The molecule has 1 heterocycles. The average Bonchev–Trinajstić information content (AvgIpc) is 2.60. The number of ether oxygens (including phenoxy) is 1. The van der Waals surface area contributed by atoms with Crippen molar-refractivity contribution in [2.45, 2.75) is 6.04 Å². The zero-order valence-corrected chi connectivity index (χ0v) is 16.0. The van der Waals surface area contributed by atoms with Gasteiger partial charge in [-0.2, -0.15) is 0 Å². The van der Waals surface area contributed by atoms with Crippen molar-refractivity contribution in [3.05, 3.63) is 28.3 Å². The highest BCUT2D eigenvalue weighted by atomic mass is 35.5. The van der Waals surface area contributed by atoms with Gasteiger partial charge in [0, 0.05) is 43.3 Å². The van der Waals surface area contributed by atoms with Crippen LogP contribution < -0.4 is 15.4 Å². The Labute approximate surface area is 158 Å². The predicted molar refractivity (Wildman–Crippen MR) is 99.2 cm³/mol. The van der Waals surface area contributed by atoms with Gasteiger partial charge in [0.2, 0.25) is 0 Å². The van der Waals surface area contributed by atoms with E-state index in [2.05, 4.69) is 10.6 Å². The van der Waals surface area contributed by atoms with Crippen LogP contribution in [0, 0.1) is 0 Å². The molecule has 0 aromatic heterocycles. The van der Waals surface area contributed by atoms with Gasteiger partial charge in [0.15, 0.2) is 0 Å². The first kappa shape index (κ1) is 20.3. The van der Waals surface area contributed by atoms with Crippen LogP contribution in [0.1, 0.15) is 22.0 Å². The van der Waals surface area contributed by atoms with Crippen LogP contribution in [0.2, 0.25) is 5.02 Å². The zero-order chi connectivity index (χ0) is 19.3. The SMILES string of the molecule is COc1c(C(=O)NCCN(C)C)cc(Cl)cc1C1CNCCN1C(=O)O. The second-order valence-corrected chi connectivity index (χ2v) is 6.77. The van der Waals surface area contributed by atoms with Gasteiger partial charge in [-0.15, -0.1) is 0 Å². The van der Waals surface area contributed by atoms with Gasteiger partial charge >= 0.3 is 6.09 Å². The molecule has 0 bridgehead atoms. The minimum Gasteiger partial charge on any atom is -0.496 e. The average molecular weight is 385 g/mol. The summed E-state index contributed by atoms with van der Waals surface area (Å²) in [6, 6.07) is 2.71. The number of carboxylic acid groups (broad SMARTS) is 1. The van der Waals surface area contributed by atoms with Crippen molar-refractivity contribution in [2.75, 3.05) is 53.9 Å². The van der Waals surface area contributed by atoms with Gasteiger partial charge < -0.3 is 25.4 Å². The molecule has 2 amide bonds. The van der Waals surface area contributed by atoms with Crippen LogP contribution in [0.15, 0.2) is 12.1 Å². The van der Waals surface area contributed by atoms with Gasteiger partial charge in [0.25, 0.3) is 5.91 Å². The fourth-order valence-corrected chi connectivity index (χ4v) is 3.18. The summed E-state index contributed by atoms with van der Waals surface area (Å²) in [5.74, 6) is 0.0368. The lowest BCUT2D eigenvalue weighted by Gasteiger charge is -2.35. The molecule has 0 radical (unpaired) electrons.